The third-order valence-electron chi connectivity index (χ3n) is 2.76. The molecule has 0 fully saturated rings. The maximum Gasteiger partial charge on any atom is 0.303 e. The van der Waals surface area contributed by atoms with Gasteiger partial charge in [-0.25, -0.2) is 0 Å². The maximum atomic E-state index is 10.3. The molecular formula is C12H24Cl2O2Si. The third-order valence-corrected chi connectivity index (χ3v) is 5.12. The van der Waals surface area contributed by atoms with Gasteiger partial charge in [0.05, 0.1) is 0 Å². The highest BCUT2D eigenvalue weighted by atomic mass is 35.7. The van der Waals surface area contributed by atoms with E-state index in [1.165, 1.54) is 25.7 Å². The van der Waals surface area contributed by atoms with E-state index >= 15 is 0 Å². The molecule has 0 aliphatic carbocycles. The summed E-state index contributed by atoms with van der Waals surface area (Å²) in [5, 5.41) is 8.46. The first-order chi connectivity index (χ1) is 7.92. The summed E-state index contributed by atoms with van der Waals surface area (Å²) in [4.78, 5) is 10.3. The van der Waals surface area contributed by atoms with Crippen LogP contribution in [-0.2, 0) is 4.79 Å². The fraction of sp³-hybridized carbons (Fsp3) is 0.917. The lowest BCUT2D eigenvalue weighted by molar-refractivity contribution is -0.137. The highest BCUT2D eigenvalue weighted by molar-refractivity contribution is 7.44. The van der Waals surface area contributed by atoms with E-state index in [0.29, 0.717) is 6.42 Å². The average molecular weight is 299 g/mol. The van der Waals surface area contributed by atoms with Crippen LogP contribution in [0.1, 0.15) is 57.8 Å². The fourth-order valence-corrected chi connectivity index (χ4v) is 3.44. The highest BCUT2D eigenvalue weighted by Gasteiger charge is 2.19. The summed E-state index contributed by atoms with van der Waals surface area (Å²) in [7, 11) is 0. The monoisotopic (exact) mass is 298 g/mol. The number of aliphatic carboxylic acids is 1. The van der Waals surface area contributed by atoms with Crippen LogP contribution in [0.2, 0.25) is 12.6 Å². The molecule has 0 radical (unpaired) electrons. The van der Waals surface area contributed by atoms with Crippen LogP contribution in [0.15, 0.2) is 0 Å². The lowest BCUT2D eigenvalue weighted by atomic mass is 10.1. The molecule has 0 spiro atoms. The number of carboxylic acid groups (broad SMARTS) is 1. The van der Waals surface area contributed by atoms with Gasteiger partial charge >= 0.3 is 5.97 Å². The molecule has 0 unspecified atom stereocenters. The Morgan fingerprint density at radius 1 is 0.941 bits per heavy atom. The molecule has 0 aromatic rings. The summed E-state index contributed by atoms with van der Waals surface area (Å²) in [6, 6.07) is 0.995. The zero-order valence-corrected chi connectivity index (χ0v) is 13.2. The molecular weight excluding hydrogens is 275 g/mol. The Morgan fingerprint density at radius 2 is 1.35 bits per heavy atom. The number of carbonyl (C=O) groups is 1. The van der Waals surface area contributed by atoms with E-state index in [1.54, 1.807) is 0 Å². The number of unbranched alkanes of at least 4 members (excludes halogenated alkanes) is 7. The van der Waals surface area contributed by atoms with Crippen LogP contribution in [0.5, 0.6) is 0 Å². The van der Waals surface area contributed by atoms with Crippen molar-refractivity contribution in [3.8, 4) is 0 Å². The molecule has 0 saturated heterocycles. The van der Waals surface area contributed by atoms with Crippen LogP contribution in [0.4, 0.5) is 0 Å². The Labute approximate surface area is 115 Å². The van der Waals surface area contributed by atoms with Crippen molar-refractivity contribution in [2.45, 2.75) is 70.4 Å². The third kappa shape index (κ3) is 16.3. The summed E-state index contributed by atoms with van der Waals surface area (Å²) >= 11 is 12.0. The van der Waals surface area contributed by atoms with Gasteiger partial charge in [0.15, 0.2) is 0 Å². The van der Waals surface area contributed by atoms with E-state index in [4.69, 9.17) is 27.3 Å². The fourth-order valence-electron chi connectivity index (χ4n) is 1.77. The normalized spacial score (nSPS) is 11.7. The number of carboxylic acids is 1. The van der Waals surface area contributed by atoms with E-state index in [-0.39, 0.29) is 0 Å². The Kier molecular flexibility index (Phi) is 10.4. The highest BCUT2D eigenvalue weighted by Crippen LogP contribution is 2.23. The molecule has 0 rings (SSSR count). The quantitative estimate of drug-likeness (QED) is 0.326. The molecule has 2 nitrogen and oxygen atoms in total. The van der Waals surface area contributed by atoms with Crippen molar-refractivity contribution >= 4 is 34.8 Å². The van der Waals surface area contributed by atoms with Crippen molar-refractivity contribution in [3.05, 3.63) is 0 Å². The lowest BCUT2D eigenvalue weighted by Gasteiger charge is -2.09. The van der Waals surface area contributed by atoms with Crippen molar-refractivity contribution in [2.75, 3.05) is 0 Å². The van der Waals surface area contributed by atoms with Crippen molar-refractivity contribution in [1.29, 1.82) is 0 Å². The molecule has 0 aliphatic heterocycles. The van der Waals surface area contributed by atoms with E-state index in [0.717, 1.165) is 31.7 Å². The average Bonchev–Trinajstić information content (AvgIpc) is 2.18. The molecule has 0 aromatic heterocycles. The topological polar surface area (TPSA) is 37.3 Å². The summed E-state index contributed by atoms with van der Waals surface area (Å²) in [5.41, 5.74) is 0. The van der Waals surface area contributed by atoms with Gasteiger partial charge in [0.2, 0.25) is 6.69 Å². The molecule has 0 saturated carbocycles. The first-order valence-corrected chi connectivity index (χ1v) is 11.2. The standard InChI is InChI=1S/C12H24Cl2O2Si/c1-17(13,14)11-9-7-5-3-2-4-6-8-10-12(15)16/h2-11H2,1H3,(H,15,16). The Bertz CT molecular complexity index is 205. The van der Waals surface area contributed by atoms with Crippen LogP contribution in [0.3, 0.4) is 0 Å². The number of halogens is 2. The number of hydrogen-bond donors (Lipinski definition) is 1. The Hall–Kier alpha value is 0.267. The minimum atomic E-state index is -1.87. The van der Waals surface area contributed by atoms with E-state index in [9.17, 15) is 4.79 Å². The second kappa shape index (κ2) is 10.2. The smallest absolute Gasteiger partial charge is 0.303 e. The molecule has 0 aliphatic rings. The molecule has 0 bridgehead atoms. The van der Waals surface area contributed by atoms with Crippen LogP contribution >= 0.6 is 22.2 Å². The summed E-state index contributed by atoms with van der Waals surface area (Å²) in [6.45, 7) is 0.106. The van der Waals surface area contributed by atoms with Gasteiger partial charge < -0.3 is 5.11 Å². The van der Waals surface area contributed by atoms with Crippen LogP contribution in [-0.4, -0.2) is 17.8 Å². The minimum absolute atomic E-state index is 0.314. The lowest BCUT2D eigenvalue weighted by Crippen LogP contribution is -2.11. The van der Waals surface area contributed by atoms with E-state index in [2.05, 4.69) is 0 Å². The van der Waals surface area contributed by atoms with Crippen LogP contribution < -0.4 is 0 Å². The Balaban J connectivity index is 3.06. The predicted molar refractivity (Wildman–Crippen MR) is 77.3 cm³/mol. The van der Waals surface area contributed by atoms with Crippen molar-refractivity contribution in [3.63, 3.8) is 0 Å². The van der Waals surface area contributed by atoms with Gasteiger partial charge in [-0.2, -0.15) is 0 Å². The van der Waals surface area contributed by atoms with Crippen molar-refractivity contribution in [2.24, 2.45) is 0 Å². The molecule has 17 heavy (non-hydrogen) atoms. The summed E-state index contributed by atoms with van der Waals surface area (Å²) < 4.78 is 0. The van der Waals surface area contributed by atoms with Gasteiger partial charge in [0.25, 0.3) is 0 Å². The van der Waals surface area contributed by atoms with Gasteiger partial charge in [-0.05, 0) is 19.0 Å². The predicted octanol–water partition coefficient (Wildman–Crippen LogP) is 5.13. The molecule has 1 N–H and O–H groups in total. The molecule has 0 aromatic carbocycles. The van der Waals surface area contributed by atoms with Gasteiger partial charge in [-0.3, -0.25) is 4.79 Å². The number of rotatable bonds is 11. The second-order valence-electron chi connectivity index (χ2n) is 4.79. The van der Waals surface area contributed by atoms with Crippen LogP contribution in [0, 0.1) is 0 Å². The van der Waals surface area contributed by atoms with E-state index in [1.807, 2.05) is 6.55 Å². The first kappa shape index (κ1) is 17.3. The SMILES string of the molecule is C[Si](Cl)(Cl)CCCCCCCCCCC(=O)O. The summed E-state index contributed by atoms with van der Waals surface area (Å²) in [5.74, 6) is -0.681. The minimum Gasteiger partial charge on any atom is -0.481 e. The molecule has 5 heteroatoms. The molecule has 0 atom stereocenters. The molecule has 102 valence electrons. The van der Waals surface area contributed by atoms with Gasteiger partial charge in [0, 0.05) is 6.42 Å². The maximum absolute atomic E-state index is 10.3. The second-order valence-corrected chi connectivity index (χ2v) is 13.0. The largest absolute Gasteiger partial charge is 0.481 e. The molecule has 0 heterocycles. The van der Waals surface area contributed by atoms with Crippen molar-refractivity contribution in [1.82, 2.24) is 0 Å². The van der Waals surface area contributed by atoms with Gasteiger partial charge in [0.1, 0.15) is 0 Å². The van der Waals surface area contributed by atoms with Gasteiger partial charge in [-0.15, -0.1) is 22.2 Å². The first-order valence-electron chi connectivity index (χ1n) is 6.51. The zero-order valence-electron chi connectivity index (χ0n) is 10.7. The van der Waals surface area contributed by atoms with E-state index < -0.39 is 12.7 Å². The Morgan fingerprint density at radius 3 is 1.76 bits per heavy atom. The van der Waals surface area contributed by atoms with Gasteiger partial charge in [-0.1, -0.05) is 44.9 Å². The summed E-state index contributed by atoms with van der Waals surface area (Å²) in [6.07, 6.45) is 9.41. The molecule has 0 amide bonds. The zero-order chi connectivity index (χ0) is 13.1. The number of hydrogen-bond acceptors (Lipinski definition) is 1. The van der Waals surface area contributed by atoms with Crippen molar-refractivity contribution < 1.29 is 9.90 Å². The van der Waals surface area contributed by atoms with Crippen LogP contribution in [0.25, 0.3) is 0 Å².